The van der Waals surface area contributed by atoms with Crippen molar-refractivity contribution in [2.75, 3.05) is 13.1 Å². The van der Waals surface area contributed by atoms with Gasteiger partial charge in [0.1, 0.15) is 11.6 Å². The van der Waals surface area contributed by atoms with Crippen LogP contribution in [0, 0.1) is 11.7 Å². The van der Waals surface area contributed by atoms with Gasteiger partial charge in [0, 0.05) is 6.54 Å². The van der Waals surface area contributed by atoms with Crippen LogP contribution in [-0.2, 0) is 0 Å². The first kappa shape index (κ1) is 14.4. The monoisotopic (exact) mass is 254 g/mol. The van der Waals surface area contributed by atoms with E-state index >= 15 is 0 Å². The second-order valence-corrected chi connectivity index (χ2v) is 4.22. The molecular weight excluding hydrogens is 235 g/mol. The summed E-state index contributed by atoms with van der Waals surface area (Å²) < 4.78 is 13.0. The summed E-state index contributed by atoms with van der Waals surface area (Å²) >= 11 is 0. The van der Waals surface area contributed by atoms with E-state index in [1.807, 2.05) is 6.92 Å². The van der Waals surface area contributed by atoms with E-state index in [9.17, 15) is 14.3 Å². The fourth-order valence-electron chi connectivity index (χ4n) is 1.71. The number of carbonyl (C=O) groups is 1. The van der Waals surface area contributed by atoms with E-state index in [0.29, 0.717) is 19.0 Å². The molecular formula is C13H19FN2O2. The third-order valence-electron chi connectivity index (χ3n) is 2.91. The number of nitrogens with one attached hydrogen (secondary N) is 1. The molecule has 0 aliphatic rings. The van der Waals surface area contributed by atoms with E-state index in [-0.39, 0.29) is 11.3 Å². The predicted molar refractivity (Wildman–Crippen MR) is 67.9 cm³/mol. The summed E-state index contributed by atoms with van der Waals surface area (Å²) in [5, 5.41) is 12.2. The highest BCUT2D eigenvalue weighted by molar-refractivity contribution is 5.96. The Morgan fingerprint density at radius 2 is 2.28 bits per heavy atom. The number of hydrogen-bond acceptors (Lipinski definition) is 3. The lowest BCUT2D eigenvalue weighted by Gasteiger charge is -2.14. The van der Waals surface area contributed by atoms with Gasteiger partial charge >= 0.3 is 0 Å². The summed E-state index contributed by atoms with van der Waals surface area (Å²) in [6.45, 7) is 3.06. The molecule has 0 saturated carbocycles. The Morgan fingerprint density at radius 1 is 1.56 bits per heavy atom. The molecule has 0 fully saturated rings. The summed E-state index contributed by atoms with van der Waals surface area (Å²) in [6.07, 6.45) is 1.73. The standard InChI is InChI=1S/C13H19FN2O2/c1-2-9(5-6-15)8-16-13(18)11-7-10(14)3-4-12(11)17/h3-4,7,9,17H,2,5-6,8,15H2,1H3,(H,16,18). The van der Waals surface area contributed by atoms with Gasteiger partial charge in [-0.1, -0.05) is 13.3 Å². The number of rotatable bonds is 6. The molecule has 100 valence electrons. The maximum atomic E-state index is 13.0. The van der Waals surface area contributed by atoms with Crippen molar-refractivity contribution in [3.05, 3.63) is 29.6 Å². The molecule has 1 rings (SSSR count). The first-order valence-corrected chi connectivity index (χ1v) is 6.05. The van der Waals surface area contributed by atoms with Gasteiger partial charge in [0.2, 0.25) is 0 Å². The zero-order valence-corrected chi connectivity index (χ0v) is 10.4. The number of aromatic hydroxyl groups is 1. The Morgan fingerprint density at radius 3 is 2.89 bits per heavy atom. The minimum absolute atomic E-state index is 0.0439. The number of carbonyl (C=O) groups excluding carboxylic acids is 1. The molecule has 0 bridgehead atoms. The van der Waals surface area contributed by atoms with Gasteiger partial charge in [-0.3, -0.25) is 4.79 Å². The molecule has 0 spiro atoms. The van der Waals surface area contributed by atoms with Gasteiger partial charge in [0.05, 0.1) is 5.56 Å². The number of hydrogen-bond donors (Lipinski definition) is 3. The van der Waals surface area contributed by atoms with Crippen LogP contribution in [0.25, 0.3) is 0 Å². The normalized spacial score (nSPS) is 12.2. The Bertz CT molecular complexity index is 410. The van der Waals surface area contributed by atoms with Crippen LogP contribution in [0.1, 0.15) is 30.1 Å². The van der Waals surface area contributed by atoms with Crippen LogP contribution < -0.4 is 11.1 Å². The number of phenolic OH excluding ortho intramolecular Hbond substituents is 1. The summed E-state index contributed by atoms with van der Waals surface area (Å²) in [4.78, 5) is 11.8. The molecule has 1 aromatic rings. The molecule has 0 aromatic heterocycles. The molecule has 5 heteroatoms. The molecule has 18 heavy (non-hydrogen) atoms. The van der Waals surface area contributed by atoms with Gasteiger partial charge in [-0.2, -0.15) is 0 Å². The molecule has 1 atom stereocenters. The fourth-order valence-corrected chi connectivity index (χ4v) is 1.71. The third kappa shape index (κ3) is 4.00. The predicted octanol–water partition coefficient (Wildman–Crippen LogP) is 1.64. The van der Waals surface area contributed by atoms with Crippen molar-refractivity contribution >= 4 is 5.91 Å². The zero-order valence-electron chi connectivity index (χ0n) is 10.4. The number of phenols is 1. The quantitative estimate of drug-likeness (QED) is 0.722. The van der Waals surface area contributed by atoms with Crippen LogP contribution in [0.4, 0.5) is 4.39 Å². The van der Waals surface area contributed by atoms with Crippen molar-refractivity contribution in [3.63, 3.8) is 0 Å². The van der Waals surface area contributed by atoms with Crippen LogP contribution in [0.15, 0.2) is 18.2 Å². The Balaban J connectivity index is 2.62. The van der Waals surface area contributed by atoms with Gasteiger partial charge in [0.25, 0.3) is 5.91 Å². The van der Waals surface area contributed by atoms with E-state index < -0.39 is 11.7 Å². The molecule has 4 N–H and O–H groups in total. The van der Waals surface area contributed by atoms with Gasteiger partial charge in [0.15, 0.2) is 0 Å². The molecule has 0 saturated heterocycles. The lowest BCUT2D eigenvalue weighted by atomic mass is 10.0. The number of halogens is 1. The number of amides is 1. The first-order valence-electron chi connectivity index (χ1n) is 6.05. The van der Waals surface area contributed by atoms with Crippen molar-refractivity contribution in [1.82, 2.24) is 5.32 Å². The van der Waals surface area contributed by atoms with Gasteiger partial charge < -0.3 is 16.2 Å². The second kappa shape index (κ2) is 6.96. The Labute approximate surface area is 106 Å². The van der Waals surface area contributed by atoms with Crippen molar-refractivity contribution in [3.8, 4) is 5.75 Å². The SMILES string of the molecule is CCC(CCN)CNC(=O)c1cc(F)ccc1O. The molecule has 4 nitrogen and oxygen atoms in total. The van der Waals surface area contributed by atoms with E-state index in [2.05, 4.69) is 5.32 Å². The summed E-state index contributed by atoms with van der Waals surface area (Å²) in [7, 11) is 0. The van der Waals surface area contributed by atoms with Crippen LogP contribution in [-0.4, -0.2) is 24.1 Å². The molecule has 1 aromatic carbocycles. The van der Waals surface area contributed by atoms with Crippen LogP contribution in [0.3, 0.4) is 0 Å². The second-order valence-electron chi connectivity index (χ2n) is 4.22. The largest absolute Gasteiger partial charge is 0.507 e. The van der Waals surface area contributed by atoms with E-state index in [1.54, 1.807) is 0 Å². The van der Waals surface area contributed by atoms with E-state index in [1.165, 1.54) is 6.07 Å². The van der Waals surface area contributed by atoms with Crippen molar-refractivity contribution in [2.45, 2.75) is 19.8 Å². The summed E-state index contributed by atoms with van der Waals surface area (Å²) in [5.41, 5.74) is 5.42. The fraction of sp³-hybridized carbons (Fsp3) is 0.462. The lowest BCUT2D eigenvalue weighted by Crippen LogP contribution is -2.30. The molecule has 0 aliphatic heterocycles. The lowest BCUT2D eigenvalue weighted by molar-refractivity contribution is 0.0943. The third-order valence-corrected chi connectivity index (χ3v) is 2.91. The maximum absolute atomic E-state index is 13.0. The minimum Gasteiger partial charge on any atom is -0.507 e. The zero-order chi connectivity index (χ0) is 13.5. The smallest absolute Gasteiger partial charge is 0.255 e. The van der Waals surface area contributed by atoms with Gasteiger partial charge in [-0.05, 0) is 37.1 Å². The van der Waals surface area contributed by atoms with Crippen LogP contribution >= 0.6 is 0 Å². The highest BCUT2D eigenvalue weighted by Crippen LogP contribution is 2.17. The minimum atomic E-state index is -0.549. The molecule has 0 radical (unpaired) electrons. The number of benzene rings is 1. The van der Waals surface area contributed by atoms with E-state index in [0.717, 1.165) is 25.0 Å². The van der Waals surface area contributed by atoms with E-state index in [4.69, 9.17) is 5.73 Å². The summed E-state index contributed by atoms with van der Waals surface area (Å²) in [5.74, 6) is -0.940. The highest BCUT2D eigenvalue weighted by Gasteiger charge is 2.13. The first-order chi connectivity index (χ1) is 8.58. The topological polar surface area (TPSA) is 75.3 Å². The summed E-state index contributed by atoms with van der Waals surface area (Å²) in [6, 6.07) is 3.30. The average Bonchev–Trinajstić information content (AvgIpc) is 2.37. The van der Waals surface area contributed by atoms with Gasteiger partial charge in [-0.25, -0.2) is 4.39 Å². The van der Waals surface area contributed by atoms with Crippen LogP contribution in [0.5, 0.6) is 5.75 Å². The Hall–Kier alpha value is -1.62. The number of nitrogens with two attached hydrogens (primary N) is 1. The molecule has 0 aliphatic carbocycles. The average molecular weight is 254 g/mol. The molecule has 1 amide bonds. The molecule has 1 unspecified atom stereocenters. The highest BCUT2D eigenvalue weighted by atomic mass is 19.1. The maximum Gasteiger partial charge on any atom is 0.255 e. The Kier molecular flexibility index (Phi) is 5.58. The van der Waals surface area contributed by atoms with Crippen molar-refractivity contribution in [1.29, 1.82) is 0 Å². The van der Waals surface area contributed by atoms with Crippen molar-refractivity contribution < 1.29 is 14.3 Å². The molecule has 0 heterocycles. The van der Waals surface area contributed by atoms with Gasteiger partial charge in [-0.15, -0.1) is 0 Å². The van der Waals surface area contributed by atoms with Crippen LogP contribution in [0.2, 0.25) is 0 Å². The van der Waals surface area contributed by atoms with Crippen molar-refractivity contribution in [2.24, 2.45) is 11.7 Å².